The largest absolute Gasteiger partial charge is 0.444 e. The molecule has 0 saturated carbocycles. The van der Waals surface area contributed by atoms with Crippen LogP contribution < -0.4 is 11.1 Å². The third-order valence-corrected chi connectivity index (χ3v) is 2.94. The Labute approximate surface area is 130 Å². The predicted octanol–water partition coefficient (Wildman–Crippen LogP) is 1.28. The van der Waals surface area contributed by atoms with Crippen molar-refractivity contribution in [3.05, 3.63) is 23.4 Å². The first kappa shape index (κ1) is 18.2. The molecule has 1 rings (SSSR count). The topological polar surface area (TPSA) is 118 Å². The molecule has 0 aliphatic rings. The molecule has 22 heavy (non-hydrogen) atoms. The van der Waals surface area contributed by atoms with Gasteiger partial charge in [0, 0.05) is 17.8 Å². The van der Waals surface area contributed by atoms with Crippen LogP contribution in [0.15, 0.2) is 12.1 Å². The van der Waals surface area contributed by atoms with Crippen LogP contribution in [0.3, 0.4) is 0 Å². The van der Waals surface area contributed by atoms with Gasteiger partial charge in [-0.2, -0.15) is 0 Å². The minimum atomic E-state index is -1.09. The molecule has 124 valence electrons. The third-order valence-electron chi connectivity index (χ3n) is 2.94. The van der Waals surface area contributed by atoms with Crippen LogP contribution in [-0.2, 0) is 4.74 Å². The number of aliphatic hydroxyl groups is 2. The molecular formula is C15H25N3O4. The molecule has 1 aromatic heterocycles. The molecule has 0 aliphatic heterocycles. The van der Waals surface area contributed by atoms with E-state index in [1.54, 1.807) is 39.8 Å². The molecule has 2 unspecified atom stereocenters. The summed E-state index contributed by atoms with van der Waals surface area (Å²) in [5.41, 5.74) is 6.05. The van der Waals surface area contributed by atoms with Crippen molar-refractivity contribution in [3.63, 3.8) is 0 Å². The second kappa shape index (κ2) is 7.42. The number of carbonyl (C=O) groups is 1. The number of amides is 1. The molecule has 0 aromatic carbocycles. The Bertz CT molecular complexity index is 514. The molecule has 1 amide bonds. The number of rotatable bonds is 5. The zero-order chi connectivity index (χ0) is 16.9. The average Bonchev–Trinajstić information content (AvgIpc) is 2.35. The van der Waals surface area contributed by atoms with Crippen LogP contribution in [0.25, 0.3) is 0 Å². The monoisotopic (exact) mass is 311 g/mol. The van der Waals surface area contributed by atoms with Crippen molar-refractivity contribution < 1.29 is 19.7 Å². The van der Waals surface area contributed by atoms with Gasteiger partial charge in [0.05, 0.1) is 6.10 Å². The number of carbonyl (C=O) groups excluding carboxylic acids is 1. The lowest BCUT2D eigenvalue weighted by atomic mass is 10.0. The van der Waals surface area contributed by atoms with Crippen molar-refractivity contribution >= 4 is 11.9 Å². The van der Waals surface area contributed by atoms with Crippen molar-refractivity contribution in [1.82, 2.24) is 10.3 Å². The van der Waals surface area contributed by atoms with Gasteiger partial charge < -0.3 is 26.0 Å². The summed E-state index contributed by atoms with van der Waals surface area (Å²) in [6.07, 6.45) is -2.49. The molecule has 0 fully saturated rings. The molecule has 5 N–H and O–H groups in total. The third kappa shape index (κ3) is 5.87. The summed E-state index contributed by atoms with van der Waals surface area (Å²) in [5, 5.41) is 22.7. The van der Waals surface area contributed by atoms with E-state index in [0.717, 1.165) is 0 Å². The van der Waals surface area contributed by atoms with Gasteiger partial charge in [-0.3, -0.25) is 0 Å². The number of hydrogen-bond donors (Lipinski definition) is 4. The number of nitrogen functional groups attached to an aromatic ring is 1. The van der Waals surface area contributed by atoms with Gasteiger partial charge in [-0.25, -0.2) is 9.78 Å². The molecule has 0 radical (unpaired) electrons. The summed E-state index contributed by atoms with van der Waals surface area (Å²) in [6.45, 7) is 7.20. The zero-order valence-corrected chi connectivity index (χ0v) is 13.5. The highest BCUT2D eigenvalue weighted by Gasteiger charge is 2.21. The number of nitrogens with zero attached hydrogens (tertiary/aromatic N) is 1. The fourth-order valence-electron chi connectivity index (χ4n) is 1.91. The predicted molar refractivity (Wildman–Crippen MR) is 83.2 cm³/mol. The maximum atomic E-state index is 11.5. The molecule has 0 bridgehead atoms. The summed E-state index contributed by atoms with van der Waals surface area (Å²) in [7, 11) is 0. The summed E-state index contributed by atoms with van der Waals surface area (Å²) >= 11 is 0. The number of aromatic nitrogens is 1. The highest BCUT2D eigenvalue weighted by atomic mass is 16.6. The summed E-state index contributed by atoms with van der Waals surface area (Å²) in [5.74, 6) is 0.356. The molecule has 7 heteroatoms. The molecule has 0 aliphatic carbocycles. The number of nitrogens with one attached hydrogen (secondary N) is 1. The maximum Gasteiger partial charge on any atom is 0.407 e. The van der Waals surface area contributed by atoms with Crippen LogP contribution in [0.4, 0.5) is 10.6 Å². The number of ether oxygens (including phenoxy) is 1. The SMILES string of the molecule is Cc1nc(N)ccc1C(O)C(O)CCNC(=O)OC(C)(C)C. The number of nitrogens with two attached hydrogens (primary N) is 1. The Balaban J connectivity index is 2.48. The van der Waals surface area contributed by atoms with Gasteiger partial charge in [0.15, 0.2) is 0 Å². The highest BCUT2D eigenvalue weighted by molar-refractivity contribution is 5.67. The van der Waals surface area contributed by atoms with Crippen LogP contribution >= 0.6 is 0 Å². The summed E-state index contributed by atoms with van der Waals surface area (Å²) < 4.78 is 5.08. The van der Waals surface area contributed by atoms with E-state index in [9.17, 15) is 15.0 Å². The second-order valence-electron chi connectivity index (χ2n) is 6.14. The Hall–Kier alpha value is -1.86. The average molecular weight is 311 g/mol. The molecule has 7 nitrogen and oxygen atoms in total. The number of pyridine rings is 1. The highest BCUT2D eigenvalue weighted by Crippen LogP contribution is 2.22. The molecular weight excluding hydrogens is 286 g/mol. The van der Waals surface area contributed by atoms with Crippen LogP contribution in [-0.4, -0.2) is 39.5 Å². The van der Waals surface area contributed by atoms with Crippen molar-refractivity contribution in [2.45, 2.75) is 51.9 Å². The normalized spacial score (nSPS) is 14.3. The van der Waals surface area contributed by atoms with E-state index in [1.165, 1.54) is 0 Å². The van der Waals surface area contributed by atoms with Gasteiger partial charge in [-0.15, -0.1) is 0 Å². The molecule has 1 heterocycles. The number of hydrogen-bond acceptors (Lipinski definition) is 6. The van der Waals surface area contributed by atoms with E-state index in [0.29, 0.717) is 17.1 Å². The van der Waals surface area contributed by atoms with E-state index in [1.807, 2.05) is 0 Å². The first-order valence-corrected chi connectivity index (χ1v) is 7.16. The lowest BCUT2D eigenvalue weighted by Crippen LogP contribution is -2.34. The standard InChI is InChI=1S/C15H25N3O4/c1-9-10(5-6-12(16)18-9)13(20)11(19)7-8-17-14(21)22-15(2,3)4/h5-6,11,13,19-20H,7-8H2,1-4H3,(H2,16,18)(H,17,21). The van der Waals surface area contributed by atoms with Crippen LogP contribution in [0.1, 0.15) is 44.6 Å². The van der Waals surface area contributed by atoms with E-state index < -0.39 is 23.9 Å². The van der Waals surface area contributed by atoms with Crippen molar-refractivity contribution in [1.29, 1.82) is 0 Å². The van der Waals surface area contributed by atoms with Crippen molar-refractivity contribution in [2.24, 2.45) is 0 Å². The lowest BCUT2D eigenvalue weighted by molar-refractivity contribution is 0.0117. The Morgan fingerprint density at radius 2 is 2.05 bits per heavy atom. The Morgan fingerprint density at radius 3 is 2.59 bits per heavy atom. The fourth-order valence-corrected chi connectivity index (χ4v) is 1.91. The van der Waals surface area contributed by atoms with Gasteiger partial charge in [0.25, 0.3) is 0 Å². The van der Waals surface area contributed by atoms with Crippen LogP contribution in [0, 0.1) is 6.92 Å². The smallest absolute Gasteiger partial charge is 0.407 e. The van der Waals surface area contributed by atoms with Gasteiger partial charge in [0.1, 0.15) is 17.5 Å². The number of alkyl carbamates (subject to hydrolysis) is 1. The molecule has 0 spiro atoms. The molecule has 1 aromatic rings. The minimum Gasteiger partial charge on any atom is -0.444 e. The van der Waals surface area contributed by atoms with Gasteiger partial charge >= 0.3 is 6.09 Å². The first-order valence-electron chi connectivity index (χ1n) is 7.16. The fraction of sp³-hybridized carbons (Fsp3) is 0.600. The summed E-state index contributed by atoms with van der Waals surface area (Å²) in [4.78, 5) is 15.5. The van der Waals surface area contributed by atoms with E-state index in [2.05, 4.69) is 10.3 Å². The van der Waals surface area contributed by atoms with E-state index >= 15 is 0 Å². The number of aryl methyl sites for hydroxylation is 1. The molecule has 0 saturated heterocycles. The minimum absolute atomic E-state index is 0.185. The van der Waals surface area contributed by atoms with Gasteiger partial charge in [0.2, 0.25) is 0 Å². The van der Waals surface area contributed by atoms with Crippen LogP contribution in [0.5, 0.6) is 0 Å². The zero-order valence-electron chi connectivity index (χ0n) is 13.5. The van der Waals surface area contributed by atoms with Crippen molar-refractivity contribution in [3.8, 4) is 0 Å². The Kier molecular flexibility index (Phi) is 6.13. The van der Waals surface area contributed by atoms with Crippen LogP contribution in [0.2, 0.25) is 0 Å². The van der Waals surface area contributed by atoms with Gasteiger partial charge in [-0.05, 0) is 40.2 Å². The van der Waals surface area contributed by atoms with E-state index in [4.69, 9.17) is 10.5 Å². The quantitative estimate of drug-likeness (QED) is 0.650. The number of aliphatic hydroxyl groups excluding tert-OH is 2. The first-order chi connectivity index (χ1) is 10.1. The lowest BCUT2D eigenvalue weighted by Gasteiger charge is -2.21. The van der Waals surface area contributed by atoms with Crippen molar-refractivity contribution in [2.75, 3.05) is 12.3 Å². The molecule has 2 atom stereocenters. The Morgan fingerprint density at radius 1 is 1.41 bits per heavy atom. The van der Waals surface area contributed by atoms with E-state index in [-0.39, 0.29) is 13.0 Å². The number of anilines is 1. The van der Waals surface area contributed by atoms with Gasteiger partial charge in [-0.1, -0.05) is 6.07 Å². The summed E-state index contributed by atoms with van der Waals surface area (Å²) in [6, 6.07) is 3.20. The second-order valence-corrected chi connectivity index (χ2v) is 6.14. The maximum absolute atomic E-state index is 11.5.